The third kappa shape index (κ3) is 5.38. The van der Waals surface area contributed by atoms with Crippen molar-refractivity contribution in [2.75, 3.05) is 17.2 Å². The molecule has 0 aliphatic rings. The Bertz CT molecular complexity index is 1260. The van der Waals surface area contributed by atoms with Gasteiger partial charge in [0, 0.05) is 36.2 Å². The Morgan fingerprint density at radius 2 is 1.58 bits per heavy atom. The molecule has 7 nitrogen and oxygen atoms in total. The van der Waals surface area contributed by atoms with E-state index in [-0.39, 0.29) is 11.8 Å². The van der Waals surface area contributed by atoms with Gasteiger partial charge in [-0.2, -0.15) is 0 Å². The number of rotatable bonds is 8. The van der Waals surface area contributed by atoms with E-state index in [0.29, 0.717) is 30.8 Å². The van der Waals surface area contributed by atoms with Gasteiger partial charge in [-0.05, 0) is 68.3 Å². The Labute approximate surface area is 192 Å². The number of anilines is 3. The second-order valence-electron chi connectivity index (χ2n) is 7.91. The number of nitrogens with zero attached hydrogens (tertiary/aromatic N) is 2. The highest BCUT2D eigenvalue weighted by Gasteiger charge is 2.17. The number of aryl methyl sites for hydroxylation is 2. The van der Waals surface area contributed by atoms with Gasteiger partial charge < -0.3 is 16.0 Å². The smallest absolute Gasteiger partial charge is 0.270 e. The summed E-state index contributed by atoms with van der Waals surface area (Å²) in [7, 11) is 0. The van der Waals surface area contributed by atoms with Crippen LogP contribution in [0.5, 0.6) is 0 Å². The molecule has 0 aliphatic carbocycles. The lowest BCUT2D eigenvalue weighted by molar-refractivity contribution is -0.116. The average molecular weight is 442 g/mol. The first-order valence-corrected chi connectivity index (χ1v) is 11.0. The summed E-state index contributed by atoms with van der Waals surface area (Å²) in [5, 5.41) is 9.10. The van der Waals surface area contributed by atoms with Crippen molar-refractivity contribution in [2.24, 2.45) is 0 Å². The molecule has 2 heterocycles. The highest BCUT2D eigenvalue weighted by molar-refractivity contribution is 5.95. The molecule has 4 rings (SSSR count). The number of hydrogen-bond donors (Lipinski definition) is 3. The van der Waals surface area contributed by atoms with Gasteiger partial charge in [0.25, 0.3) is 5.91 Å². The first kappa shape index (κ1) is 22.1. The number of hydrogen-bond acceptors (Lipinski definition) is 4. The summed E-state index contributed by atoms with van der Waals surface area (Å²) in [6, 6.07) is 21.3. The van der Waals surface area contributed by atoms with E-state index in [4.69, 9.17) is 0 Å². The van der Waals surface area contributed by atoms with E-state index in [2.05, 4.69) is 20.9 Å². The molecule has 0 aliphatic heterocycles. The van der Waals surface area contributed by atoms with Gasteiger partial charge in [-0.15, -0.1) is 0 Å². The normalized spacial score (nSPS) is 10.7. The molecule has 0 radical (unpaired) electrons. The van der Waals surface area contributed by atoms with Crippen molar-refractivity contribution in [1.29, 1.82) is 0 Å². The summed E-state index contributed by atoms with van der Waals surface area (Å²) in [4.78, 5) is 29.4. The van der Waals surface area contributed by atoms with Crippen molar-refractivity contribution >= 4 is 34.5 Å². The van der Waals surface area contributed by atoms with Gasteiger partial charge in [0.15, 0.2) is 0 Å². The number of fused-ring (bicyclic) bond motifs is 1. The van der Waals surface area contributed by atoms with Gasteiger partial charge in [0.1, 0.15) is 11.3 Å². The maximum Gasteiger partial charge on any atom is 0.270 e. The standard InChI is InChI=1S/C26H27N5O2/c1-18-8-7-17-31-24(19(2)28-25(18)31)26(33)27-16-6-11-23(32)30-22-14-12-21(13-15-22)29-20-9-4-3-5-10-20/h3-5,7-10,12-15,17,29H,6,11,16H2,1-2H3,(H,27,33)(H,30,32). The van der Waals surface area contributed by atoms with Gasteiger partial charge in [0.05, 0.1) is 5.69 Å². The van der Waals surface area contributed by atoms with Crippen LogP contribution in [0.2, 0.25) is 0 Å². The number of carbonyl (C=O) groups excluding carboxylic acids is 2. The van der Waals surface area contributed by atoms with Crippen molar-refractivity contribution in [3.63, 3.8) is 0 Å². The molecule has 0 atom stereocenters. The number of benzene rings is 2. The van der Waals surface area contributed by atoms with Gasteiger partial charge in [-0.3, -0.25) is 14.0 Å². The lowest BCUT2D eigenvalue weighted by Gasteiger charge is -2.09. The lowest BCUT2D eigenvalue weighted by Crippen LogP contribution is -2.27. The first-order valence-electron chi connectivity index (χ1n) is 11.0. The molecule has 7 heteroatoms. The number of pyridine rings is 1. The molecule has 0 saturated heterocycles. The summed E-state index contributed by atoms with van der Waals surface area (Å²) in [6.07, 6.45) is 2.70. The number of nitrogens with one attached hydrogen (secondary N) is 3. The monoisotopic (exact) mass is 441 g/mol. The molecule has 0 saturated carbocycles. The van der Waals surface area contributed by atoms with Crippen LogP contribution in [0.1, 0.15) is 34.6 Å². The van der Waals surface area contributed by atoms with Crippen LogP contribution in [-0.2, 0) is 4.79 Å². The van der Waals surface area contributed by atoms with E-state index in [0.717, 1.165) is 28.3 Å². The Hall–Kier alpha value is -4.13. The maximum absolute atomic E-state index is 12.7. The van der Waals surface area contributed by atoms with Crippen LogP contribution in [0, 0.1) is 13.8 Å². The van der Waals surface area contributed by atoms with E-state index in [1.165, 1.54) is 0 Å². The van der Waals surface area contributed by atoms with Gasteiger partial charge in [-0.25, -0.2) is 4.98 Å². The molecule has 4 aromatic rings. The Morgan fingerprint density at radius 3 is 2.33 bits per heavy atom. The van der Waals surface area contributed by atoms with E-state index in [9.17, 15) is 9.59 Å². The second kappa shape index (κ2) is 9.99. The maximum atomic E-state index is 12.7. The number of amides is 2. The van der Waals surface area contributed by atoms with Crippen LogP contribution in [-0.4, -0.2) is 27.7 Å². The van der Waals surface area contributed by atoms with E-state index in [1.54, 1.807) is 0 Å². The Balaban J connectivity index is 1.23. The number of para-hydroxylation sites is 1. The molecule has 2 amide bonds. The summed E-state index contributed by atoms with van der Waals surface area (Å²) < 4.78 is 1.81. The van der Waals surface area contributed by atoms with Gasteiger partial charge >= 0.3 is 0 Å². The molecule has 0 bridgehead atoms. The minimum absolute atomic E-state index is 0.0883. The summed E-state index contributed by atoms with van der Waals surface area (Å²) in [6.45, 7) is 4.20. The zero-order valence-electron chi connectivity index (χ0n) is 18.8. The summed E-state index contributed by atoms with van der Waals surface area (Å²) in [5.41, 5.74) is 5.70. The fourth-order valence-electron chi connectivity index (χ4n) is 3.67. The van der Waals surface area contributed by atoms with Crippen LogP contribution >= 0.6 is 0 Å². The molecule has 33 heavy (non-hydrogen) atoms. The number of aromatic nitrogens is 2. The van der Waals surface area contributed by atoms with Crippen molar-refractivity contribution in [3.8, 4) is 0 Å². The van der Waals surface area contributed by atoms with Crippen LogP contribution in [0.4, 0.5) is 17.1 Å². The van der Waals surface area contributed by atoms with E-state index in [1.807, 2.05) is 91.2 Å². The molecule has 2 aromatic carbocycles. The average Bonchev–Trinajstić information content (AvgIpc) is 3.16. The highest BCUT2D eigenvalue weighted by atomic mass is 16.2. The molecule has 2 aromatic heterocycles. The number of carbonyl (C=O) groups is 2. The second-order valence-corrected chi connectivity index (χ2v) is 7.91. The van der Waals surface area contributed by atoms with Crippen LogP contribution in [0.25, 0.3) is 5.65 Å². The molecular formula is C26H27N5O2. The topological polar surface area (TPSA) is 87.5 Å². The number of imidazole rings is 1. The van der Waals surface area contributed by atoms with Crippen molar-refractivity contribution in [3.05, 3.63) is 89.9 Å². The van der Waals surface area contributed by atoms with Crippen molar-refractivity contribution in [1.82, 2.24) is 14.7 Å². The fourth-order valence-corrected chi connectivity index (χ4v) is 3.67. The van der Waals surface area contributed by atoms with Crippen molar-refractivity contribution in [2.45, 2.75) is 26.7 Å². The zero-order chi connectivity index (χ0) is 23.2. The molecule has 3 N–H and O–H groups in total. The molecule has 168 valence electrons. The zero-order valence-corrected chi connectivity index (χ0v) is 18.8. The van der Waals surface area contributed by atoms with Crippen LogP contribution in [0.3, 0.4) is 0 Å². The van der Waals surface area contributed by atoms with E-state index < -0.39 is 0 Å². The predicted molar refractivity (Wildman–Crippen MR) is 131 cm³/mol. The molecule has 0 spiro atoms. The van der Waals surface area contributed by atoms with Gasteiger partial charge in [0.2, 0.25) is 5.91 Å². The van der Waals surface area contributed by atoms with Gasteiger partial charge in [-0.1, -0.05) is 24.3 Å². The Kier molecular flexibility index (Phi) is 6.69. The third-order valence-electron chi connectivity index (χ3n) is 5.33. The summed E-state index contributed by atoms with van der Waals surface area (Å²) in [5.74, 6) is -0.276. The first-order chi connectivity index (χ1) is 16.0. The molecule has 0 unspecified atom stereocenters. The predicted octanol–water partition coefficient (Wildman–Crippen LogP) is 4.84. The lowest BCUT2D eigenvalue weighted by atomic mass is 10.2. The Morgan fingerprint density at radius 1 is 0.879 bits per heavy atom. The summed E-state index contributed by atoms with van der Waals surface area (Å²) >= 11 is 0. The largest absolute Gasteiger partial charge is 0.356 e. The molecule has 0 fully saturated rings. The quantitative estimate of drug-likeness (QED) is 0.341. The highest BCUT2D eigenvalue weighted by Crippen LogP contribution is 2.19. The SMILES string of the molecule is Cc1nc2c(C)cccn2c1C(=O)NCCCC(=O)Nc1ccc(Nc2ccccc2)cc1. The van der Waals surface area contributed by atoms with Crippen molar-refractivity contribution < 1.29 is 9.59 Å². The minimum Gasteiger partial charge on any atom is -0.356 e. The third-order valence-corrected chi connectivity index (χ3v) is 5.33. The van der Waals surface area contributed by atoms with Crippen LogP contribution in [0.15, 0.2) is 72.9 Å². The van der Waals surface area contributed by atoms with E-state index >= 15 is 0 Å². The van der Waals surface area contributed by atoms with Crippen LogP contribution < -0.4 is 16.0 Å². The fraction of sp³-hybridized carbons (Fsp3) is 0.192. The molecular weight excluding hydrogens is 414 g/mol. The minimum atomic E-state index is -0.187.